The lowest BCUT2D eigenvalue weighted by Gasteiger charge is -2.32. The summed E-state index contributed by atoms with van der Waals surface area (Å²) in [7, 11) is 0. The molecule has 88 valence electrons. The maximum absolute atomic E-state index is 12.1. The molecule has 0 spiro atoms. The van der Waals surface area contributed by atoms with Crippen molar-refractivity contribution >= 4 is 5.91 Å². The van der Waals surface area contributed by atoms with Crippen LogP contribution in [0.3, 0.4) is 0 Å². The minimum Gasteiger partial charge on any atom is -0.377 e. The van der Waals surface area contributed by atoms with E-state index < -0.39 is 0 Å². The monoisotopic (exact) mass is 224 g/mol. The molecule has 1 aliphatic heterocycles. The summed E-state index contributed by atoms with van der Waals surface area (Å²) in [5, 5.41) is 6.68. The minimum absolute atomic E-state index is 0.0878. The van der Waals surface area contributed by atoms with Crippen molar-refractivity contribution in [2.45, 2.75) is 26.3 Å². The molecule has 0 saturated carbocycles. The standard InChI is InChI=1S/C10H16N4O2/c1-3-8-11-9(13-12-8)10(15)14-4-5-16-6-7(14)2/h7H,3-6H2,1-2H3,(H,11,12,13)/t7-/m1/s1. The number of nitrogens with one attached hydrogen (secondary N) is 1. The van der Waals surface area contributed by atoms with Gasteiger partial charge in [-0.2, -0.15) is 0 Å². The van der Waals surface area contributed by atoms with Gasteiger partial charge in [0, 0.05) is 13.0 Å². The maximum atomic E-state index is 12.1. The van der Waals surface area contributed by atoms with E-state index in [0.29, 0.717) is 19.8 Å². The van der Waals surface area contributed by atoms with Gasteiger partial charge in [-0.3, -0.25) is 9.89 Å². The van der Waals surface area contributed by atoms with E-state index in [1.165, 1.54) is 0 Å². The Morgan fingerprint density at radius 3 is 3.12 bits per heavy atom. The number of ether oxygens (including phenoxy) is 1. The first-order chi connectivity index (χ1) is 7.72. The number of morpholine rings is 1. The molecule has 16 heavy (non-hydrogen) atoms. The summed E-state index contributed by atoms with van der Waals surface area (Å²) in [6, 6.07) is 0.0878. The van der Waals surface area contributed by atoms with Crippen LogP contribution in [-0.4, -0.2) is 51.8 Å². The van der Waals surface area contributed by atoms with Crippen LogP contribution in [0.15, 0.2) is 0 Å². The van der Waals surface area contributed by atoms with Crippen LogP contribution in [0.25, 0.3) is 0 Å². The van der Waals surface area contributed by atoms with Crippen molar-refractivity contribution in [2.24, 2.45) is 0 Å². The lowest BCUT2D eigenvalue weighted by atomic mass is 10.2. The highest BCUT2D eigenvalue weighted by Crippen LogP contribution is 2.09. The van der Waals surface area contributed by atoms with Crippen LogP contribution in [0.4, 0.5) is 0 Å². The van der Waals surface area contributed by atoms with Crippen LogP contribution < -0.4 is 0 Å². The van der Waals surface area contributed by atoms with Crippen LogP contribution in [0.1, 0.15) is 30.3 Å². The summed E-state index contributed by atoms with van der Waals surface area (Å²) < 4.78 is 5.28. The molecule has 1 aromatic heterocycles. The topological polar surface area (TPSA) is 71.1 Å². The van der Waals surface area contributed by atoms with Gasteiger partial charge in [0.25, 0.3) is 5.91 Å². The number of rotatable bonds is 2. The zero-order chi connectivity index (χ0) is 11.5. The summed E-state index contributed by atoms with van der Waals surface area (Å²) in [4.78, 5) is 18.0. The fraction of sp³-hybridized carbons (Fsp3) is 0.700. The second-order valence-corrected chi connectivity index (χ2v) is 3.88. The van der Waals surface area contributed by atoms with Gasteiger partial charge in [-0.15, -0.1) is 5.10 Å². The number of aryl methyl sites for hydroxylation is 1. The minimum atomic E-state index is -0.119. The van der Waals surface area contributed by atoms with Gasteiger partial charge in [-0.1, -0.05) is 6.92 Å². The fourth-order valence-corrected chi connectivity index (χ4v) is 1.71. The SMILES string of the molecule is CCc1nc(C(=O)N2CCOC[C@H]2C)n[nH]1. The Hall–Kier alpha value is -1.43. The lowest BCUT2D eigenvalue weighted by Crippen LogP contribution is -2.47. The van der Waals surface area contributed by atoms with Gasteiger partial charge < -0.3 is 9.64 Å². The maximum Gasteiger partial charge on any atom is 0.293 e. The third kappa shape index (κ3) is 2.06. The van der Waals surface area contributed by atoms with E-state index in [-0.39, 0.29) is 17.8 Å². The quantitative estimate of drug-likeness (QED) is 0.780. The third-order valence-corrected chi connectivity index (χ3v) is 2.69. The van der Waals surface area contributed by atoms with E-state index in [1.54, 1.807) is 4.90 Å². The molecule has 0 aromatic carbocycles. The Labute approximate surface area is 94.0 Å². The number of carbonyl (C=O) groups is 1. The first kappa shape index (κ1) is 11.1. The predicted molar refractivity (Wildman–Crippen MR) is 57.1 cm³/mol. The molecule has 2 heterocycles. The van der Waals surface area contributed by atoms with Crippen molar-refractivity contribution < 1.29 is 9.53 Å². The van der Waals surface area contributed by atoms with Crippen LogP contribution in [-0.2, 0) is 11.2 Å². The molecule has 0 unspecified atom stereocenters. The Morgan fingerprint density at radius 2 is 2.50 bits per heavy atom. The number of H-pyrrole nitrogens is 1. The van der Waals surface area contributed by atoms with Crippen molar-refractivity contribution in [2.75, 3.05) is 19.8 Å². The van der Waals surface area contributed by atoms with Crippen molar-refractivity contribution in [3.05, 3.63) is 11.6 Å². The molecule has 1 aromatic rings. The molecule has 0 radical (unpaired) electrons. The van der Waals surface area contributed by atoms with Gasteiger partial charge in [-0.25, -0.2) is 4.98 Å². The molecule has 0 bridgehead atoms. The number of hydrogen-bond acceptors (Lipinski definition) is 4. The largest absolute Gasteiger partial charge is 0.377 e. The van der Waals surface area contributed by atoms with E-state index in [1.807, 2.05) is 13.8 Å². The number of nitrogens with zero attached hydrogens (tertiary/aromatic N) is 3. The summed E-state index contributed by atoms with van der Waals surface area (Å²) in [5.74, 6) is 0.876. The highest BCUT2D eigenvalue weighted by atomic mass is 16.5. The Morgan fingerprint density at radius 1 is 1.69 bits per heavy atom. The van der Waals surface area contributed by atoms with E-state index in [4.69, 9.17) is 4.74 Å². The van der Waals surface area contributed by atoms with Crippen LogP contribution in [0, 0.1) is 0 Å². The summed E-state index contributed by atoms with van der Waals surface area (Å²) >= 11 is 0. The Bertz CT molecular complexity index is 377. The first-order valence-electron chi connectivity index (χ1n) is 5.52. The third-order valence-electron chi connectivity index (χ3n) is 2.69. The molecular formula is C10H16N4O2. The van der Waals surface area contributed by atoms with Crippen molar-refractivity contribution in [1.82, 2.24) is 20.1 Å². The second kappa shape index (κ2) is 4.61. The van der Waals surface area contributed by atoms with Gasteiger partial charge in [0.15, 0.2) is 0 Å². The second-order valence-electron chi connectivity index (χ2n) is 3.88. The van der Waals surface area contributed by atoms with Crippen LogP contribution in [0.5, 0.6) is 0 Å². The Kier molecular flexibility index (Phi) is 3.19. The molecule has 1 fully saturated rings. The molecule has 0 aliphatic carbocycles. The zero-order valence-corrected chi connectivity index (χ0v) is 9.56. The molecule has 1 amide bonds. The van der Waals surface area contributed by atoms with E-state index in [9.17, 15) is 4.79 Å². The summed E-state index contributed by atoms with van der Waals surface area (Å²) in [6.07, 6.45) is 0.749. The van der Waals surface area contributed by atoms with Gasteiger partial charge in [-0.05, 0) is 6.92 Å². The van der Waals surface area contributed by atoms with E-state index in [2.05, 4.69) is 15.2 Å². The molecule has 2 rings (SSSR count). The predicted octanol–water partition coefficient (Wildman–Crippen LogP) is 0.228. The first-order valence-corrected chi connectivity index (χ1v) is 5.52. The van der Waals surface area contributed by atoms with Crippen molar-refractivity contribution in [3.8, 4) is 0 Å². The van der Waals surface area contributed by atoms with Crippen molar-refractivity contribution in [1.29, 1.82) is 0 Å². The smallest absolute Gasteiger partial charge is 0.293 e. The van der Waals surface area contributed by atoms with Gasteiger partial charge >= 0.3 is 0 Å². The normalized spacial score (nSPS) is 21.1. The molecule has 1 atom stereocenters. The Balaban J connectivity index is 2.11. The highest BCUT2D eigenvalue weighted by Gasteiger charge is 2.27. The summed E-state index contributed by atoms with van der Waals surface area (Å²) in [6.45, 7) is 5.70. The van der Waals surface area contributed by atoms with Gasteiger partial charge in [0.1, 0.15) is 5.82 Å². The van der Waals surface area contributed by atoms with Gasteiger partial charge in [0.05, 0.1) is 19.3 Å². The molecule has 1 aliphatic rings. The molecule has 6 nitrogen and oxygen atoms in total. The average molecular weight is 224 g/mol. The van der Waals surface area contributed by atoms with Crippen LogP contribution >= 0.6 is 0 Å². The molecular weight excluding hydrogens is 208 g/mol. The fourth-order valence-electron chi connectivity index (χ4n) is 1.71. The molecule has 6 heteroatoms. The molecule has 1 N–H and O–H groups in total. The van der Waals surface area contributed by atoms with Crippen molar-refractivity contribution in [3.63, 3.8) is 0 Å². The number of aromatic nitrogens is 3. The number of aromatic amines is 1. The highest BCUT2D eigenvalue weighted by molar-refractivity contribution is 5.90. The number of amides is 1. The van der Waals surface area contributed by atoms with E-state index in [0.717, 1.165) is 12.2 Å². The number of carbonyl (C=O) groups excluding carboxylic acids is 1. The zero-order valence-electron chi connectivity index (χ0n) is 9.56. The molecule has 1 saturated heterocycles. The average Bonchev–Trinajstić information content (AvgIpc) is 2.77. The van der Waals surface area contributed by atoms with Gasteiger partial charge in [0.2, 0.25) is 5.82 Å². The summed E-state index contributed by atoms with van der Waals surface area (Å²) in [5.41, 5.74) is 0. The lowest BCUT2D eigenvalue weighted by molar-refractivity contribution is 0.00294. The number of hydrogen-bond donors (Lipinski definition) is 1. The van der Waals surface area contributed by atoms with Crippen LogP contribution in [0.2, 0.25) is 0 Å². The van der Waals surface area contributed by atoms with E-state index >= 15 is 0 Å².